The van der Waals surface area contributed by atoms with Crippen LogP contribution in [0.2, 0.25) is 10.0 Å². The molecule has 2 fully saturated rings. The lowest BCUT2D eigenvalue weighted by Gasteiger charge is -2.34. The van der Waals surface area contributed by atoms with Gasteiger partial charge in [0.1, 0.15) is 6.10 Å². The molecule has 3 rings (SSSR count). The summed E-state index contributed by atoms with van der Waals surface area (Å²) in [7, 11) is 0. The number of Topliss-reactive ketones (excluding diaryl/α,β-unsaturated/α-hetero) is 1. The number of ether oxygens (including phenoxy) is 1. The average molecular weight is 314 g/mol. The van der Waals surface area contributed by atoms with E-state index in [1.54, 1.807) is 18.2 Å². The zero-order valence-corrected chi connectivity index (χ0v) is 12.7. The Morgan fingerprint density at radius 3 is 3.10 bits per heavy atom. The number of morpholine rings is 1. The van der Waals surface area contributed by atoms with Gasteiger partial charge in [0.25, 0.3) is 0 Å². The fourth-order valence-electron chi connectivity index (χ4n) is 2.99. The molecule has 1 aromatic carbocycles. The smallest absolute Gasteiger partial charge is 0.167 e. The predicted molar refractivity (Wildman–Crippen MR) is 79.5 cm³/mol. The van der Waals surface area contributed by atoms with Gasteiger partial charge in [0.15, 0.2) is 5.78 Å². The number of carbonyl (C=O) groups is 1. The van der Waals surface area contributed by atoms with E-state index in [0.717, 1.165) is 12.1 Å². The fourth-order valence-corrected chi connectivity index (χ4v) is 3.37. The number of rotatable bonds is 3. The van der Waals surface area contributed by atoms with E-state index in [1.165, 1.54) is 12.8 Å². The SMILES string of the molecule is O=C(Cc1cc(Cl)ccc1Cl)C1CN2CCCC2CO1. The maximum atomic E-state index is 12.4. The first kappa shape index (κ1) is 14.3. The molecule has 2 saturated heterocycles. The molecule has 0 spiro atoms. The summed E-state index contributed by atoms with van der Waals surface area (Å²) in [6.07, 6.45) is 2.33. The molecule has 0 aromatic heterocycles. The summed E-state index contributed by atoms with van der Waals surface area (Å²) in [5.74, 6) is 0.0829. The number of hydrogen-bond donors (Lipinski definition) is 0. The molecule has 2 unspecified atom stereocenters. The average Bonchev–Trinajstić information content (AvgIpc) is 2.90. The molecule has 0 bridgehead atoms. The number of fused-ring (bicyclic) bond motifs is 1. The number of hydrogen-bond acceptors (Lipinski definition) is 3. The van der Waals surface area contributed by atoms with E-state index in [0.29, 0.717) is 29.2 Å². The van der Waals surface area contributed by atoms with Gasteiger partial charge in [-0.25, -0.2) is 0 Å². The van der Waals surface area contributed by atoms with Crippen LogP contribution in [0.4, 0.5) is 0 Å². The first-order chi connectivity index (χ1) is 9.63. The van der Waals surface area contributed by atoms with Crippen LogP contribution in [-0.2, 0) is 16.0 Å². The van der Waals surface area contributed by atoms with Crippen molar-refractivity contribution < 1.29 is 9.53 Å². The second-order valence-corrected chi connectivity index (χ2v) is 6.34. The molecule has 5 heteroatoms. The van der Waals surface area contributed by atoms with Crippen LogP contribution in [-0.4, -0.2) is 42.5 Å². The van der Waals surface area contributed by atoms with E-state index in [9.17, 15) is 4.79 Å². The molecule has 2 aliphatic heterocycles. The first-order valence-electron chi connectivity index (χ1n) is 6.96. The number of ketones is 1. The van der Waals surface area contributed by atoms with Gasteiger partial charge in [-0.05, 0) is 43.1 Å². The molecule has 0 radical (unpaired) electrons. The van der Waals surface area contributed by atoms with E-state index >= 15 is 0 Å². The summed E-state index contributed by atoms with van der Waals surface area (Å²) >= 11 is 12.1. The van der Waals surface area contributed by atoms with E-state index in [2.05, 4.69) is 4.90 Å². The van der Waals surface area contributed by atoms with Crippen LogP contribution < -0.4 is 0 Å². The Morgan fingerprint density at radius 2 is 2.25 bits per heavy atom. The van der Waals surface area contributed by atoms with Crippen LogP contribution >= 0.6 is 23.2 Å². The normalized spacial score (nSPS) is 26.5. The highest BCUT2D eigenvalue weighted by atomic mass is 35.5. The minimum atomic E-state index is -0.334. The van der Waals surface area contributed by atoms with Gasteiger partial charge in [-0.2, -0.15) is 0 Å². The van der Waals surface area contributed by atoms with Crippen molar-refractivity contribution in [3.05, 3.63) is 33.8 Å². The Balaban J connectivity index is 1.65. The number of carbonyl (C=O) groups excluding carboxylic acids is 1. The third-order valence-corrected chi connectivity index (χ3v) is 4.72. The largest absolute Gasteiger partial charge is 0.367 e. The van der Waals surface area contributed by atoms with Crippen LogP contribution in [0.5, 0.6) is 0 Å². The molecule has 108 valence electrons. The summed E-state index contributed by atoms with van der Waals surface area (Å²) in [6, 6.07) is 5.71. The monoisotopic (exact) mass is 313 g/mol. The summed E-state index contributed by atoms with van der Waals surface area (Å²) < 4.78 is 5.73. The molecular formula is C15H17Cl2NO2. The number of nitrogens with zero attached hydrogens (tertiary/aromatic N) is 1. The van der Waals surface area contributed by atoms with Crippen LogP contribution in [0.3, 0.4) is 0 Å². The Hall–Kier alpha value is -0.610. The van der Waals surface area contributed by atoms with Gasteiger partial charge in [-0.3, -0.25) is 9.69 Å². The predicted octanol–water partition coefficient (Wildman–Crippen LogP) is 2.97. The van der Waals surface area contributed by atoms with Crippen molar-refractivity contribution in [3.8, 4) is 0 Å². The molecule has 2 heterocycles. The van der Waals surface area contributed by atoms with Crippen molar-refractivity contribution in [1.82, 2.24) is 4.90 Å². The van der Waals surface area contributed by atoms with E-state index in [-0.39, 0.29) is 18.3 Å². The van der Waals surface area contributed by atoms with Gasteiger partial charge in [-0.1, -0.05) is 23.2 Å². The van der Waals surface area contributed by atoms with Crippen LogP contribution in [0.1, 0.15) is 18.4 Å². The Kier molecular flexibility index (Phi) is 4.32. The minimum absolute atomic E-state index is 0.0829. The summed E-state index contributed by atoms with van der Waals surface area (Å²) in [6.45, 7) is 2.46. The van der Waals surface area contributed by atoms with Gasteiger partial charge >= 0.3 is 0 Å². The summed E-state index contributed by atoms with van der Waals surface area (Å²) in [5, 5.41) is 1.18. The summed E-state index contributed by atoms with van der Waals surface area (Å²) in [5.41, 5.74) is 0.774. The lowest BCUT2D eigenvalue weighted by Crippen LogP contribution is -2.49. The van der Waals surface area contributed by atoms with Crippen LogP contribution in [0.25, 0.3) is 0 Å². The van der Waals surface area contributed by atoms with Crippen LogP contribution in [0, 0.1) is 0 Å². The molecule has 1 aromatic rings. The quantitative estimate of drug-likeness (QED) is 0.859. The zero-order chi connectivity index (χ0) is 14.1. The Bertz CT molecular complexity index is 521. The molecule has 0 amide bonds. The standard InChI is InChI=1S/C15H17Cl2NO2/c16-11-3-4-13(17)10(6-11)7-14(19)15-8-18-5-1-2-12(18)9-20-15/h3-4,6,12,15H,1-2,5,7-9H2. The molecule has 0 saturated carbocycles. The highest BCUT2D eigenvalue weighted by Gasteiger charge is 2.35. The molecule has 2 aliphatic rings. The Morgan fingerprint density at radius 1 is 1.40 bits per heavy atom. The van der Waals surface area contributed by atoms with E-state index in [4.69, 9.17) is 27.9 Å². The summed E-state index contributed by atoms with van der Waals surface area (Å²) in [4.78, 5) is 14.7. The molecule has 2 atom stereocenters. The maximum absolute atomic E-state index is 12.4. The highest BCUT2D eigenvalue weighted by molar-refractivity contribution is 6.33. The fraction of sp³-hybridized carbons (Fsp3) is 0.533. The first-order valence-corrected chi connectivity index (χ1v) is 7.71. The van der Waals surface area contributed by atoms with Crippen molar-refractivity contribution in [2.75, 3.05) is 19.7 Å². The third-order valence-electron chi connectivity index (χ3n) is 4.12. The van der Waals surface area contributed by atoms with Gasteiger partial charge in [0, 0.05) is 29.1 Å². The minimum Gasteiger partial charge on any atom is -0.367 e. The van der Waals surface area contributed by atoms with Gasteiger partial charge in [-0.15, -0.1) is 0 Å². The van der Waals surface area contributed by atoms with Crippen molar-refractivity contribution in [2.24, 2.45) is 0 Å². The highest BCUT2D eigenvalue weighted by Crippen LogP contribution is 2.25. The second kappa shape index (κ2) is 6.02. The van der Waals surface area contributed by atoms with Crippen molar-refractivity contribution in [3.63, 3.8) is 0 Å². The van der Waals surface area contributed by atoms with Crippen LogP contribution in [0.15, 0.2) is 18.2 Å². The lowest BCUT2D eigenvalue weighted by molar-refractivity contribution is -0.137. The topological polar surface area (TPSA) is 29.5 Å². The second-order valence-electron chi connectivity index (χ2n) is 5.49. The van der Waals surface area contributed by atoms with Crippen molar-refractivity contribution in [2.45, 2.75) is 31.4 Å². The van der Waals surface area contributed by atoms with Gasteiger partial charge in [0.05, 0.1) is 6.61 Å². The van der Waals surface area contributed by atoms with Crippen molar-refractivity contribution in [1.29, 1.82) is 0 Å². The maximum Gasteiger partial charge on any atom is 0.167 e. The number of halogens is 2. The Labute approximate surface area is 128 Å². The zero-order valence-electron chi connectivity index (χ0n) is 11.1. The molecular weight excluding hydrogens is 297 g/mol. The van der Waals surface area contributed by atoms with Gasteiger partial charge < -0.3 is 4.74 Å². The van der Waals surface area contributed by atoms with Crippen molar-refractivity contribution >= 4 is 29.0 Å². The third kappa shape index (κ3) is 3.01. The molecule has 0 N–H and O–H groups in total. The number of benzene rings is 1. The molecule has 20 heavy (non-hydrogen) atoms. The van der Waals surface area contributed by atoms with E-state index in [1.807, 2.05) is 0 Å². The molecule has 0 aliphatic carbocycles. The van der Waals surface area contributed by atoms with Gasteiger partial charge in [0.2, 0.25) is 0 Å². The van der Waals surface area contributed by atoms with E-state index < -0.39 is 0 Å². The molecule has 3 nitrogen and oxygen atoms in total. The lowest BCUT2D eigenvalue weighted by atomic mass is 10.0.